The van der Waals surface area contributed by atoms with Crippen LogP contribution in [0.1, 0.15) is 35.4 Å². The van der Waals surface area contributed by atoms with Crippen molar-refractivity contribution < 1.29 is 18.8 Å². The topological polar surface area (TPSA) is 88.9 Å². The fourth-order valence-electron chi connectivity index (χ4n) is 5.06. The van der Waals surface area contributed by atoms with Crippen LogP contribution in [0, 0.1) is 11.8 Å². The summed E-state index contributed by atoms with van der Waals surface area (Å²) in [6, 6.07) is 18.2. The van der Waals surface area contributed by atoms with Crippen molar-refractivity contribution in [3.8, 4) is 11.5 Å². The number of carbonyl (C=O) groups excluding carboxylic acids is 1. The van der Waals surface area contributed by atoms with Gasteiger partial charge in [0.2, 0.25) is 12.7 Å². The monoisotopic (exact) mass is 490 g/mol. The molecule has 0 saturated carbocycles. The van der Waals surface area contributed by atoms with Gasteiger partial charge in [0.25, 0.3) is 0 Å². The second-order valence-electron chi connectivity index (χ2n) is 9.83. The van der Waals surface area contributed by atoms with E-state index in [0.29, 0.717) is 31.3 Å². The van der Waals surface area contributed by atoms with Gasteiger partial charge in [0, 0.05) is 25.6 Å². The third kappa shape index (κ3) is 6.44. The van der Waals surface area contributed by atoms with Crippen molar-refractivity contribution in [2.75, 3.05) is 26.9 Å². The van der Waals surface area contributed by atoms with Crippen LogP contribution in [0.15, 0.2) is 59.1 Å². The van der Waals surface area contributed by atoms with Crippen LogP contribution in [0.3, 0.4) is 0 Å². The number of carbonyl (C=O) groups is 1. The lowest BCUT2D eigenvalue weighted by atomic mass is 9.81. The summed E-state index contributed by atoms with van der Waals surface area (Å²) in [6.07, 6.45) is 2.30. The van der Waals surface area contributed by atoms with Crippen molar-refractivity contribution >= 4 is 5.91 Å². The van der Waals surface area contributed by atoms with Gasteiger partial charge in [-0.2, -0.15) is 0 Å². The normalized spacial score (nSPS) is 18.9. The van der Waals surface area contributed by atoms with Crippen LogP contribution >= 0.6 is 0 Å². The second-order valence-corrected chi connectivity index (χ2v) is 9.83. The molecule has 0 unspecified atom stereocenters. The lowest BCUT2D eigenvalue weighted by Crippen LogP contribution is -2.40. The van der Waals surface area contributed by atoms with Crippen molar-refractivity contribution in [3.63, 3.8) is 0 Å². The number of ether oxygens (including phenoxy) is 2. The number of benzene rings is 2. The van der Waals surface area contributed by atoms with Crippen molar-refractivity contribution in [1.29, 1.82) is 0 Å². The van der Waals surface area contributed by atoms with Crippen LogP contribution in [0.4, 0.5) is 0 Å². The third-order valence-electron chi connectivity index (χ3n) is 6.94. The molecule has 1 fully saturated rings. The number of hydrogen-bond acceptors (Lipinski definition) is 7. The Morgan fingerprint density at radius 1 is 1.06 bits per heavy atom. The molecule has 1 saturated heterocycles. The van der Waals surface area contributed by atoms with Crippen LogP contribution in [0.25, 0.3) is 0 Å². The zero-order valence-corrected chi connectivity index (χ0v) is 20.7. The van der Waals surface area contributed by atoms with Crippen molar-refractivity contribution in [3.05, 3.63) is 77.2 Å². The molecule has 0 spiro atoms. The van der Waals surface area contributed by atoms with Gasteiger partial charge in [-0.25, -0.2) is 0 Å². The summed E-state index contributed by atoms with van der Waals surface area (Å²) in [5.41, 5.74) is 3.23. The van der Waals surface area contributed by atoms with Gasteiger partial charge in [-0.15, -0.1) is 0 Å². The van der Waals surface area contributed by atoms with E-state index < -0.39 is 0 Å². The molecule has 2 atom stereocenters. The third-order valence-corrected chi connectivity index (χ3v) is 6.94. The van der Waals surface area contributed by atoms with Crippen LogP contribution in [0.2, 0.25) is 0 Å². The number of fused-ring (bicyclic) bond motifs is 1. The largest absolute Gasteiger partial charge is 0.454 e. The average Bonchev–Trinajstić information content (AvgIpc) is 3.53. The van der Waals surface area contributed by atoms with E-state index in [4.69, 9.17) is 14.0 Å². The van der Waals surface area contributed by atoms with E-state index in [1.807, 2.05) is 24.3 Å². The van der Waals surface area contributed by atoms with Gasteiger partial charge >= 0.3 is 0 Å². The molecule has 2 N–H and O–H groups in total. The second kappa shape index (κ2) is 11.6. The average molecular weight is 491 g/mol. The summed E-state index contributed by atoms with van der Waals surface area (Å²) in [7, 11) is 2.08. The van der Waals surface area contributed by atoms with Crippen LogP contribution in [-0.2, 0) is 30.8 Å². The van der Waals surface area contributed by atoms with Gasteiger partial charge < -0.3 is 24.6 Å². The molecule has 1 aromatic heterocycles. The fourth-order valence-corrected chi connectivity index (χ4v) is 5.06. The Morgan fingerprint density at radius 2 is 1.92 bits per heavy atom. The maximum Gasteiger partial charge on any atom is 0.231 e. The minimum absolute atomic E-state index is 0.0768. The molecule has 0 aliphatic carbocycles. The number of amides is 1. The highest BCUT2D eigenvalue weighted by molar-refractivity contribution is 5.76. The predicted molar refractivity (Wildman–Crippen MR) is 135 cm³/mol. The first-order valence-corrected chi connectivity index (χ1v) is 12.7. The molecule has 2 aliphatic heterocycles. The Bertz CT molecular complexity index is 1150. The Balaban J connectivity index is 1.11. The van der Waals surface area contributed by atoms with E-state index in [9.17, 15) is 4.79 Å². The smallest absolute Gasteiger partial charge is 0.231 e. The first-order chi connectivity index (χ1) is 17.6. The highest BCUT2D eigenvalue weighted by atomic mass is 16.7. The van der Waals surface area contributed by atoms with E-state index in [1.54, 1.807) is 0 Å². The number of hydrogen-bond donors (Lipinski definition) is 2. The molecule has 2 aliphatic rings. The molecule has 190 valence electrons. The Kier molecular flexibility index (Phi) is 7.83. The molecule has 0 radical (unpaired) electrons. The summed E-state index contributed by atoms with van der Waals surface area (Å²) in [5.74, 6) is 3.08. The first-order valence-electron chi connectivity index (χ1n) is 12.7. The molecule has 8 heteroatoms. The molecule has 8 nitrogen and oxygen atoms in total. The zero-order valence-electron chi connectivity index (χ0n) is 20.7. The van der Waals surface area contributed by atoms with Crippen LogP contribution in [0.5, 0.6) is 11.5 Å². The Hall–Kier alpha value is -3.36. The molecular weight excluding hydrogens is 456 g/mol. The molecule has 3 aromatic rings. The number of aromatic nitrogens is 1. The van der Waals surface area contributed by atoms with E-state index >= 15 is 0 Å². The maximum absolute atomic E-state index is 12.8. The maximum atomic E-state index is 12.8. The predicted octanol–water partition coefficient (Wildman–Crippen LogP) is 3.51. The highest BCUT2D eigenvalue weighted by Crippen LogP contribution is 2.32. The molecule has 5 rings (SSSR count). The zero-order chi connectivity index (χ0) is 24.7. The van der Waals surface area contributed by atoms with Crippen LogP contribution in [-0.4, -0.2) is 42.9 Å². The van der Waals surface area contributed by atoms with Gasteiger partial charge in [-0.3, -0.25) is 9.69 Å². The standard InChI is InChI=1S/C28H34N4O4/c1-32(17-20-5-3-2-4-6-20)18-25-14-24(31-36-25)12-23-16-29-10-9-22(23)13-28(33)30-15-21-7-8-26-27(11-21)35-19-34-26/h2-8,11,14,22-23,29H,9-10,12-13,15-19H2,1H3,(H,30,33)/t22-,23+/m0/s1. The minimum Gasteiger partial charge on any atom is -0.454 e. The summed E-state index contributed by atoms with van der Waals surface area (Å²) >= 11 is 0. The van der Waals surface area contributed by atoms with E-state index in [-0.39, 0.29) is 12.7 Å². The SMILES string of the molecule is CN(Cc1ccccc1)Cc1cc(C[C@@H]2CNCC[C@H]2CC(=O)NCc2ccc3c(c2)OCO3)no1. The van der Waals surface area contributed by atoms with E-state index in [2.05, 4.69) is 58.1 Å². The molecule has 36 heavy (non-hydrogen) atoms. The summed E-state index contributed by atoms with van der Waals surface area (Å²) in [4.78, 5) is 15.0. The van der Waals surface area contributed by atoms with E-state index in [1.165, 1.54) is 5.56 Å². The number of nitrogens with zero attached hydrogens (tertiary/aromatic N) is 2. The van der Waals surface area contributed by atoms with Crippen molar-refractivity contribution in [2.45, 2.75) is 38.9 Å². The number of piperidine rings is 1. The highest BCUT2D eigenvalue weighted by Gasteiger charge is 2.28. The molecule has 3 heterocycles. The minimum atomic E-state index is 0.0768. The molecule has 2 aromatic carbocycles. The number of nitrogens with one attached hydrogen (secondary N) is 2. The molecule has 0 bridgehead atoms. The first kappa shape index (κ1) is 24.3. The van der Waals surface area contributed by atoms with Gasteiger partial charge in [0.15, 0.2) is 17.3 Å². The van der Waals surface area contributed by atoms with Gasteiger partial charge in [-0.05, 0) is 68.1 Å². The van der Waals surface area contributed by atoms with Crippen LogP contribution < -0.4 is 20.1 Å². The Morgan fingerprint density at radius 3 is 2.81 bits per heavy atom. The van der Waals surface area contributed by atoms with Crippen molar-refractivity contribution in [1.82, 2.24) is 20.7 Å². The lowest BCUT2D eigenvalue weighted by Gasteiger charge is -2.31. The summed E-state index contributed by atoms with van der Waals surface area (Å²) in [6.45, 7) is 4.11. The van der Waals surface area contributed by atoms with Crippen molar-refractivity contribution in [2.24, 2.45) is 11.8 Å². The van der Waals surface area contributed by atoms with Gasteiger partial charge in [0.1, 0.15) is 0 Å². The van der Waals surface area contributed by atoms with Gasteiger partial charge in [-0.1, -0.05) is 41.6 Å². The number of rotatable bonds is 10. The molecular formula is C28H34N4O4. The lowest BCUT2D eigenvalue weighted by molar-refractivity contribution is -0.122. The van der Waals surface area contributed by atoms with Gasteiger partial charge in [0.05, 0.1) is 12.2 Å². The Labute approximate surface area is 211 Å². The fraction of sp³-hybridized carbons (Fsp3) is 0.429. The quantitative estimate of drug-likeness (QED) is 0.450. The molecule has 1 amide bonds. The summed E-state index contributed by atoms with van der Waals surface area (Å²) < 4.78 is 16.4. The summed E-state index contributed by atoms with van der Waals surface area (Å²) in [5, 5.41) is 10.9. The van der Waals surface area contributed by atoms with E-state index in [0.717, 1.165) is 61.0 Å².